The Morgan fingerprint density at radius 1 is 0.913 bits per heavy atom. The van der Waals surface area contributed by atoms with Crippen LogP contribution in [-0.2, 0) is 0 Å². The Bertz CT molecular complexity index is 864. The summed E-state index contributed by atoms with van der Waals surface area (Å²) in [7, 11) is 2.21. The predicted molar refractivity (Wildman–Crippen MR) is 89.2 cm³/mol. The lowest BCUT2D eigenvalue weighted by molar-refractivity contribution is 0.420. The van der Waals surface area contributed by atoms with Gasteiger partial charge in [0, 0.05) is 21.9 Å². The van der Waals surface area contributed by atoms with Crippen molar-refractivity contribution in [1.82, 2.24) is 0 Å². The second kappa shape index (κ2) is 6.30. The number of hydrogen-bond donors (Lipinski definition) is 1. The van der Waals surface area contributed by atoms with E-state index in [2.05, 4.69) is 0 Å². The van der Waals surface area contributed by atoms with Gasteiger partial charge < -0.3 is 14.4 Å². The van der Waals surface area contributed by atoms with Crippen molar-refractivity contribution in [3.63, 3.8) is 0 Å². The number of halogens is 1. The Morgan fingerprint density at radius 2 is 1.61 bits per heavy atom. The number of aryl methyl sites for hydroxylation is 1. The van der Waals surface area contributed by atoms with Gasteiger partial charge in [0.1, 0.15) is 17.3 Å². The number of hydrogen-bond acceptors (Lipinski definition) is 3. The number of fused-ring (bicyclic) bond motifs is 1. The SMILES string of the molecule is COc1c(-c2ccccc2F)ccc2c(O[B]O)c(C)ccc12. The zero-order chi connectivity index (χ0) is 16.4. The van der Waals surface area contributed by atoms with Gasteiger partial charge >= 0.3 is 7.69 Å². The molecule has 0 saturated carbocycles. The topological polar surface area (TPSA) is 38.7 Å². The lowest BCUT2D eigenvalue weighted by Gasteiger charge is -2.16. The molecule has 0 saturated heterocycles. The molecule has 3 nitrogen and oxygen atoms in total. The Labute approximate surface area is 134 Å². The van der Waals surface area contributed by atoms with E-state index in [9.17, 15) is 4.39 Å². The van der Waals surface area contributed by atoms with Gasteiger partial charge in [-0.1, -0.05) is 30.3 Å². The molecule has 0 aliphatic heterocycles. The average molecular weight is 309 g/mol. The lowest BCUT2D eigenvalue weighted by Crippen LogP contribution is -2.02. The minimum absolute atomic E-state index is 0.308. The highest BCUT2D eigenvalue weighted by Gasteiger charge is 2.16. The number of benzene rings is 3. The Morgan fingerprint density at radius 3 is 2.30 bits per heavy atom. The summed E-state index contributed by atoms with van der Waals surface area (Å²) in [6, 6.07) is 14.0. The van der Waals surface area contributed by atoms with Crippen LogP contribution in [0.5, 0.6) is 11.5 Å². The van der Waals surface area contributed by atoms with Gasteiger partial charge in [0.15, 0.2) is 0 Å². The monoisotopic (exact) mass is 309 g/mol. The van der Waals surface area contributed by atoms with Gasteiger partial charge in [-0.2, -0.15) is 0 Å². The third-order valence-electron chi connectivity index (χ3n) is 3.84. The maximum absolute atomic E-state index is 14.1. The van der Waals surface area contributed by atoms with Gasteiger partial charge in [-0.05, 0) is 30.7 Å². The molecule has 3 rings (SSSR count). The maximum atomic E-state index is 14.1. The van der Waals surface area contributed by atoms with E-state index in [1.54, 1.807) is 31.4 Å². The normalized spacial score (nSPS) is 10.6. The fraction of sp³-hybridized carbons (Fsp3) is 0.111. The summed E-state index contributed by atoms with van der Waals surface area (Å²) in [5, 5.41) is 10.5. The predicted octanol–water partition coefficient (Wildman–Crippen LogP) is 3.87. The van der Waals surface area contributed by atoms with E-state index in [-0.39, 0.29) is 5.82 Å². The third kappa shape index (κ3) is 2.64. The van der Waals surface area contributed by atoms with E-state index in [0.29, 0.717) is 30.3 Å². The molecule has 23 heavy (non-hydrogen) atoms. The van der Waals surface area contributed by atoms with Crippen molar-refractivity contribution in [2.75, 3.05) is 7.11 Å². The van der Waals surface area contributed by atoms with Gasteiger partial charge in [-0.3, -0.25) is 0 Å². The van der Waals surface area contributed by atoms with Crippen molar-refractivity contribution in [2.45, 2.75) is 6.92 Å². The molecule has 0 amide bonds. The molecule has 0 fully saturated rings. The first-order valence-corrected chi connectivity index (χ1v) is 7.15. The maximum Gasteiger partial charge on any atom is 0.569 e. The van der Waals surface area contributed by atoms with Crippen molar-refractivity contribution < 1.29 is 18.8 Å². The molecule has 0 aromatic heterocycles. The van der Waals surface area contributed by atoms with Crippen molar-refractivity contribution in [1.29, 1.82) is 0 Å². The van der Waals surface area contributed by atoms with Crippen LogP contribution >= 0.6 is 0 Å². The summed E-state index contributed by atoms with van der Waals surface area (Å²) in [4.78, 5) is 0. The van der Waals surface area contributed by atoms with Crippen LogP contribution in [-0.4, -0.2) is 19.8 Å². The summed E-state index contributed by atoms with van der Waals surface area (Å²) in [6.07, 6.45) is 0. The van der Waals surface area contributed by atoms with Crippen LogP contribution in [0.25, 0.3) is 21.9 Å². The molecule has 5 heteroatoms. The number of methoxy groups -OCH3 is 1. The molecule has 0 bridgehead atoms. The van der Waals surface area contributed by atoms with Gasteiger partial charge in [0.2, 0.25) is 0 Å². The minimum Gasteiger partial charge on any atom is -0.537 e. The van der Waals surface area contributed by atoms with Gasteiger partial charge in [0.05, 0.1) is 7.11 Å². The Balaban J connectivity index is 2.31. The Hall–Kier alpha value is -2.53. The molecule has 3 aromatic carbocycles. The van der Waals surface area contributed by atoms with E-state index in [1.807, 2.05) is 25.1 Å². The molecule has 1 radical (unpaired) electrons. The Kier molecular flexibility index (Phi) is 4.21. The van der Waals surface area contributed by atoms with Crippen LogP contribution < -0.4 is 9.39 Å². The van der Waals surface area contributed by atoms with Crippen molar-refractivity contribution in [2.24, 2.45) is 0 Å². The smallest absolute Gasteiger partial charge is 0.537 e. The summed E-state index contributed by atoms with van der Waals surface area (Å²) in [5.74, 6) is 0.802. The van der Waals surface area contributed by atoms with Crippen molar-refractivity contribution in [3.8, 4) is 22.6 Å². The molecule has 3 aromatic rings. The first-order chi connectivity index (χ1) is 11.2. The van der Waals surface area contributed by atoms with Gasteiger partial charge in [0.25, 0.3) is 0 Å². The molecule has 0 atom stereocenters. The fourth-order valence-electron chi connectivity index (χ4n) is 2.78. The highest BCUT2D eigenvalue weighted by atomic mass is 19.1. The summed E-state index contributed by atoms with van der Waals surface area (Å²) >= 11 is 0. The van der Waals surface area contributed by atoms with E-state index in [4.69, 9.17) is 14.4 Å². The average Bonchev–Trinajstić information content (AvgIpc) is 2.57. The van der Waals surface area contributed by atoms with E-state index >= 15 is 0 Å². The van der Waals surface area contributed by atoms with Crippen LogP contribution in [0, 0.1) is 12.7 Å². The zero-order valence-corrected chi connectivity index (χ0v) is 12.8. The van der Waals surface area contributed by atoms with Crippen LogP contribution in [0.1, 0.15) is 5.56 Å². The van der Waals surface area contributed by atoms with Crippen LogP contribution in [0.15, 0.2) is 48.5 Å². The molecule has 1 N–H and O–H groups in total. The van der Waals surface area contributed by atoms with Crippen LogP contribution in [0.3, 0.4) is 0 Å². The summed E-state index contributed by atoms with van der Waals surface area (Å²) in [6.45, 7) is 1.88. The highest BCUT2D eigenvalue weighted by Crippen LogP contribution is 2.41. The summed E-state index contributed by atoms with van der Waals surface area (Å²) in [5.41, 5.74) is 2.02. The molecule has 0 heterocycles. The third-order valence-corrected chi connectivity index (χ3v) is 3.84. The first kappa shape index (κ1) is 15.4. The minimum atomic E-state index is -0.308. The van der Waals surface area contributed by atoms with Gasteiger partial charge in [-0.15, -0.1) is 0 Å². The zero-order valence-electron chi connectivity index (χ0n) is 12.8. The molecule has 115 valence electrons. The molecule has 0 aliphatic carbocycles. The van der Waals surface area contributed by atoms with Crippen molar-refractivity contribution in [3.05, 3.63) is 59.9 Å². The first-order valence-electron chi connectivity index (χ1n) is 7.15. The molecular weight excluding hydrogens is 294 g/mol. The molecule has 0 spiro atoms. The summed E-state index contributed by atoms with van der Waals surface area (Å²) < 4.78 is 24.9. The molecular formula is C18H15BFO3. The molecule has 0 unspecified atom stereocenters. The highest BCUT2D eigenvalue weighted by molar-refractivity contribution is 6.18. The lowest BCUT2D eigenvalue weighted by atomic mass is 9.97. The second-order valence-corrected chi connectivity index (χ2v) is 5.16. The molecule has 0 aliphatic rings. The quantitative estimate of drug-likeness (QED) is 0.744. The fourth-order valence-corrected chi connectivity index (χ4v) is 2.78. The van der Waals surface area contributed by atoms with E-state index in [0.717, 1.165) is 16.3 Å². The second-order valence-electron chi connectivity index (χ2n) is 5.16. The van der Waals surface area contributed by atoms with Crippen LogP contribution in [0.2, 0.25) is 0 Å². The van der Waals surface area contributed by atoms with Crippen LogP contribution in [0.4, 0.5) is 4.39 Å². The largest absolute Gasteiger partial charge is 0.569 e. The van der Waals surface area contributed by atoms with Crippen molar-refractivity contribution >= 4 is 18.5 Å². The van der Waals surface area contributed by atoms with E-state index < -0.39 is 0 Å². The standard InChI is InChI=1S/C18H15BFO3/c1-11-7-8-15-14(17(11)23-19-21)10-9-13(18(15)22-2)12-5-3-4-6-16(12)20/h3-10,21H,1-2H3. The van der Waals surface area contributed by atoms with E-state index in [1.165, 1.54) is 6.07 Å². The van der Waals surface area contributed by atoms with Gasteiger partial charge in [-0.25, -0.2) is 4.39 Å². The number of ether oxygens (including phenoxy) is 1. The number of rotatable bonds is 4.